The van der Waals surface area contributed by atoms with E-state index in [1.54, 1.807) is 0 Å². The van der Waals surface area contributed by atoms with Crippen LogP contribution in [0.25, 0.3) is 0 Å². The van der Waals surface area contributed by atoms with Gasteiger partial charge in [0.25, 0.3) is 0 Å². The maximum Gasteiger partial charge on any atom is 0.130 e. The first-order valence-corrected chi connectivity index (χ1v) is 7.63. The molecule has 1 heterocycles. The van der Waals surface area contributed by atoms with Crippen molar-refractivity contribution in [2.75, 3.05) is 7.05 Å². The van der Waals surface area contributed by atoms with Crippen LogP contribution < -0.4 is 10.1 Å². The van der Waals surface area contributed by atoms with E-state index in [-0.39, 0.29) is 0 Å². The normalized spacial score (nSPS) is 12.4. The van der Waals surface area contributed by atoms with E-state index in [9.17, 15) is 0 Å². The van der Waals surface area contributed by atoms with Gasteiger partial charge < -0.3 is 10.1 Å². The summed E-state index contributed by atoms with van der Waals surface area (Å²) in [5.74, 6) is 0.900. The molecule has 1 aromatic heterocycles. The van der Waals surface area contributed by atoms with E-state index in [0.717, 1.165) is 30.1 Å². The van der Waals surface area contributed by atoms with Crippen molar-refractivity contribution in [3.05, 3.63) is 47.3 Å². The molecule has 0 aliphatic heterocycles. The number of benzene rings is 1. The topological polar surface area (TPSA) is 39.1 Å². The van der Waals surface area contributed by atoms with Crippen LogP contribution in [0.4, 0.5) is 0 Å². The largest absolute Gasteiger partial charge is 0.487 e. The highest BCUT2D eigenvalue weighted by Gasteiger charge is 2.08. The third-order valence-corrected chi connectivity index (χ3v) is 3.75. The van der Waals surface area contributed by atoms with Crippen LogP contribution in [0.5, 0.6) is 5.75 Å². The summed E-state index contributed by atoms with van der Waals surface area (Å²) in [5, 5.41) is 7.79. The number of hydrogen-bond acceptors (Lipinski definition) is 3. The van der Waals surface area contributed by atoms with Gasteiger partial charge in [0.15, 0.2) is 0 Å². The molecule has 1 atom stereocenters. The molecule has 0 saturated heterocycles. The lowest BCUT2D eigenvalue weighted by Gasteiger charge is -2.13. The van der Waals surface area contributed by atoms with Gasteiger partial charge in [0, 0.05) is 12.6 Å². The molecule has 0 fully saturated rings. The van der Waals surface area contributed by atoms with Gasteiger partial charge in [-0.25, -0.2) is 0 Å². The monoisotopic (exact) mass is 287 g/mol. The molecule has 1 unspecified atom stereocenters. The summed E-state index contributed by atoms with van der Waals surface area (Å²) in [4.78, 5) is 0. The van der Waals surface area contributed by atoms with Crippen LogP contribution in [-0.2, 0) is 19.6 Å². The van der Waals surface area contributed by atoms with Gasteiger partial charge in [0.05, 0.1) is 11.4 Å². The number of nitrogens with one attached hydrogen (secondary N) is 1. The highest BCUT2D eigenvalue weighted by molar-refractivity contribution is 5.30. The Morgan fingerprint density at radius 2 is 2.10 bits per heavy atom. The van der Waals surface area contributed by atoms with Crippen molar-refractivity contribution in [2.24, 2.45) is 0 Å². The average molecular weight is 287 g/mol. The molecule has 0 amide bonds. The Bertz CT molecular complexity index is 577. The molecule has 21 heavy (non-hydrogen) atoms. The van der Waals surface area contributed by atoms with Gasteiger partial charge in [-0.3, -0.25) is 4.68 Å². The van der Waals surface area contributed by atoms with E-state index < -0.39 is 0 Å². The lowest BCUT2D eigenvalue weighted by molar-refractivity contribution is 0.292. The molecule has 0 radical (unpaired) electrons. The summed E-state index contributed by atoms with van der Waals surface area (Å²) < 4.78 is 7.95. The molecular formula is C17H25N3O. The Hall–Kier alpha value is -1.81. The third kappa shape index (κ3) is 3.85. The Morgan fingerprint density at radius 3 is 2.76 bits per heavy atom. The van der Waals surface area contributed by atoms with Crippen LogP contribution in [0.3, 0.4) is 0 Å². The fourth-order valence-corrected chi connectivity index (χ4v) is 2.28. The van der Waals surface area contributed by atoms with Gasteiger partial charge in [-0.1, -0.05) is 19.1 Å². The summed E-state index contributed by atoms with van der Waals surface area (Å²) >= 11 is 0. The van der Waals surface area contributed by atoms with E-state index >= 15 is 0 Å². The molecule has 1 aromatic carbocycles. The van der Waals surface area contributed by atoms with Crippen LogP contribution in [-0.4, -0.2) is 16.8 Å². The summed E-state index contributed by atoms with van der Waals surface area (Å²) in [6, 6.07) is 10.7. The van der Waals surface area contributed by atoms with Crippen LogP contribution in [0.15, 0.2) is 30.3 Å². The SMILES string of the molecule is CCc1cc(COc2cccc(C(C)NC)c2)n(CC)n1. The Morgan fingerprint density at radius 1 is 1.29 bits per heavy atom. The number of hydrogen-bond donors (Lipinski definition) is 1. The lowest BCUT2D eigenvalue weighted by Crippen LogP contribution is -2.12. The maximum atomic E-state index is 5.94. The maximum absolute atomic E-state index is 5.94. The quantitative estimate of drug-likeness (QED) is 0.849. The second kappa shape index (κ2) is 7.27. The second-order valence-electron chi connectivity index (χ2n) is 5.17. The van der Waals surface area contributed by atoms with Gasteiger partial charge in [-0.2, -0.15) is 5.10 Å². The molecule has 4 heteroatoms. The van der Waals surface area contributed by atoms with Crippen molar-refractivity contribution in [3.8, 4) is 5.75 Å². The van der Waals surface area contributed by atoms with E-state index in [1.165, 1.54) is 5.56 Å². The summed E-state index contributed by atoms with van der Waals surface area (Å²) in [5.41, 5.74) is 3.47. The average Bonchev–Trinajstić information content (AvgIpc) is 2.94. The highest BCUT2D eigenvalue weighted by atomic mass is 16.5. The molecule has 0 aliphatic rings. The van der Waals surface area contributed by atoms with Crippen molar-refractivity contribution in [1.29, 1.82) is 0 Å². The zero-order valence-corrected chi connectivity index (χ0v) is 13.4. The van der Waals surface area contributed by atoms with Gasteiger partial charge in [0.2, 0.25) is 0 Å². The molecule has 2 aromatic rings. The Balaban J connectivity index is 2.07. The molecular weight excluding hydrogens is 262 g/mol. The molecule has 114 valence electrons. The molecule has 4 nitrogen and oxygen atoms in total. The minimum atomic E-state index is 0.321. The first kappa shape index (κ1) is 15.6. The lowest BCUT2D eigenvalue weighted by atomic mass is 10.1. The first-order valence-electron chi connectivity index (χ1n) is 7.63. The minimum absolute atomic E-state index is 0.321. The number of rotatable bonds is 7. The highest BCUT2D eigenvalue weighted by Crippen LogP contribution is 2.20. The Kier molecular flexibility index (Phi) is 5.39. The number of nitrogens with zero attached hydrogens (tertiary/aromatic N) is 2. The molecule has 0 spiro atoms. The van der Waals surface area contributed by atoms with Gasteiger partial charge in [-0.05, 0) is 51.1 Å². The fraction of sp³-hybridized carbons (Fsp3) is 0.471. The second-order valence-corrected chi connectivity index (χ2v) is 5.17. The molecule has 0 bridgehead atoms. The zero-order valence-electron chi connectivity index (χ0n) is 13.4. The fourth-order valence-electron chi connectivity index (χ4n) is 2.28. The predicted molar refractivity (Wildman–Crippen MR) is 85.5 cm³/mol. The zero-order chi connectivity index (χ0) is 15.2. The van der Waals surface area contributed by atoms with Crippen LogP contribution >= 0.6 is 0 Å². The van der Waals surface area contributed by atoms with Crippen molar-refractivity contribution < 1.29 is 4.74 Å². The third-order valence-electron chi connectivity index (χ3n) is 3.75. The van der Waals surface area contributed by atoms with Crippen LogP contribution in [0.2, 0.25) is 0 Å². The van der Waals surface area contributed by atoms with Crippen molar-refractivity contribution >= 4 is 0 Å². The van der Waals surface area contributed by atoms with E-state index in [0.29, 0.717) is 12.6 Å². The van der Waals surface area contributed by atoms with Crippen molar-refractivity contribution in [3.63, 3.8) is 0 Å². The number of aromatic nitrogens is 2. The van der Waals surface area contributed by atoms with Gasteiger partial charge in [0.1, 0.15) is 12.4 Å². The Labute approximate surface area is 127 Å². The van der Waals surface area contributed by atoms with E-state index in [4.69, 9.17) is 4.74 Å². The van der Waals surface area contributed by atoms with Crippen LogP contribution in [0, 0.1) is 0 Å². The summed E-state index contributed by atoms with van der Waals surface area (Å²) in [6.45, 7) is 7.79. The number of ether oxygens (including phenoxy) is 1. The molecule has 0 saturated carbocycles. The summed E-state index contributed by atoms with van der Waals surface area (Å²) in [7, 11) is 1.96. The van der Waals surface area contributed by atoms with E-state index in [2.05, 4.69) is 49.4 Å². The van der Waals surface area contributed by atoms with Crippen LogP contribution in [0.1, 0.15) is 43.8 Å². The molecule has 1 N–H and O–H groups in total. The smallest absolute Gasteiger partial charge is 0.130 e. The van der Waals surface area contributed by atoms with Crippen molar-refractivity contribution in [1.82, 2.24) is 15.1 Å². The standard InChI is InChI=1S/C17H25N3O/c1-5-15-11-16(20(6-2)19-15)12-21-17-9-7-8-14(10-17)13(3)18-4/h7-11,13,18H,5-6,12H2,1-4H3. The van der Waals surface area contributed by atoms with Gasteiger partial charge in [-0.15, -0.1) is 0 Å². The van der Waals surface area contributed by atoms with E-state index in [1.807, 2.05) is 23.9 Å². The first-order chi connectivity index (χ1) is 10.2. The van der Waals surface area contributed by atoms with Crippen molar-refractivity contribution in [2.45, 2.75) is 46.4 Å². The summed E-state index contributed by atoms with van der Waals surface area (Å²) in [6.07, 6.45) is 0.954. The minimum Gasteiger partial charge on any atom is -0.487 e. The molecule has 0 aliphatic carbocycles. The predicted octanol–water partition coefficient (Wildman–Crippen LogP) is 3.32. The molecule has 2 rings (SSSR count). The van der Waals surface area contributed by atoms with Gasteiger partial charge >= 0.3 is 0 Å². The number of aryl methyl sites for hydroxylation is 2.